The van der Waals surface area contributed by atoms with Gasteiger partial charge in [0.1, 0.15) is 18.5 Å². The molecule has 0 bridgehead atoms. The Morgan fingerprint density at radius 3 is 2.38 bits per heavy atom. The minimum absolute atomic E-state index is 0.0421. The molecule has 3 aromatic rings. The minimum atomic E-state index is -0.455. The predicted octanol–water partition coefficient (Wildman–Crippen LogP) is 3.01. The zero-order chi connectivity index (χ0) is 22.5. The molecule has 1 saturated carbocycles. The fourth-order valence-electron chi connectivity index (χ4n) is 4.11. The fourth-order valence-corrected chi connectivity index (χ4v) is 4.11. The lowest BCUT2D eigenvalue weighted by Gasteiger charge is -2.36. The van der Waals surface area contributed by atoms with Gasteiger partial charge < -0.3 is 20.1 Å². The van der Waals surface area contributed by atoms with Crippen molar-refractivity contribution in [2.75, 3.05) is 6.61 Å². The van der Waals surface area contributed by atoms with E-state index in [0.29, 0.717) is 17.8 Å². The Kier molecular flexibility index (Phi) is 6.69. The second-order valence-corrected chi connectivity index (χ2v) is 8.14. The first kappa shape index (κ1) is 21.8. The molecule has 3 N–H and O–H groups in total. The predicted molar refractivity (Wildman–Crippen MR) is 123 cm³/mol. The van der Waals surface area contributed by atoms with E-state index in [1.807, 2.05) is 24.3 Å². The van der Waals surface area contributed by atoms with Gasteiger partial charge in [-0.2, -0.15) is 0 Å². The molecule has 1 aromatic heterocycles. The summed E-state index contributed by atoms with van der Waals surface area (Å²) in [5.41, 5.74) is 4.43. The molecule has 32 heavy (non-hydrogen) atoms. The van der Waals surface area contributed by atoms with Crippen molar-refractivity contribution in [3.63, 3.8) is 0 Å². The molecule has 0 radical (unpaired) electrons. The Morgan fingerprint density at radius 2 is 1.78 bits per heavy atom. The molecule has 0 spiro atoms. The van der Waals surface area contributed by atoms with Crippen LogP contribution in [0.25, 0.3) is 11.1 Å². The number of hydrogen-bond acceptors (Lipinski definition) is 4. The molecule has 1 atom stereocenters. The Bertz CT molecular complexity index is 1120. The maximum atomic E-state index is 11.1. The van der Waals surface area contributed by atoms with Gasteiger partial charge in [-0.1, -0.05) is 48.2 Å². The minimum Gasteiger partial charge on any atom is -0.393 e. The van der Waals surface area contributed by atoms with Crippen molar-refractivity contribution in [2.45, 2.75) is 44.4 Å². The summed E-state index contributed by atoms with van der Waals surface area (Å²) in [6.07, 6.45) is 5.29. The average molecular weight is 430 g/mol. The van der Waals surface area contributed by atoms with Gasteiger partial charge in [0.25, 0.3) is 0 Å². The van der Waals surface area contributed by atoms with Crippen LogP contribution in [0.2, 0.25) is 0 Å². The van der Waals surface area contributed by atoms with Gasteiger partial charge in [-0.15, -0.1) is 0 Å². The normalized spacial score (nSPS) is 18.2. The zero-order valence-electron chi connectivity index (χ0n) is 18.0. The molecule has 2 aromatic carbocycles. The van der Waals surface area contributed by atoms with E-state index in [9.17, 15) is 15.0 Å². The molecule has 0 saturated heterocycles. The second-order valence-electron chi connectivity index (χ2n) is 8.14. The van der Waals surface area contributed by atoms with Crippen LogP contribution in [0.3, 0.4) is 0 Å². The third kappa shape index (κ3) is 4.91. The number of carbonyl (C=O) groups is 1. The molecule has 1 heterocycles. The van der Waals surface area contributed by atoms with Crippen molar-refractivity contribution in [3.05, 3.63) is 77.9 Å². The van der Waals surface area contributed by atoms with E-state index in [1.54, 1.807) is 23.9 Å². The molecule has 164 valence electrons. The van der Waals surface area contributed by atoms with Crippen molar-refractivity contribution in [3.8, 4) is 23.0 Å². The van der Waals surface area contributed by atoms with Gasteiger partial charge in [0, 0.05) is 30.9 Å². The first-order chi connectivity index (χ1) is 15.6. The molecule has 1 aliphatic carbocycles. The van der Waals surface area contributed by atoms with E-state index >= 15 is 0 Å². The van der Waals surface area contributed by atoms with Crippen LogP contribution in [0, 0.1) is 11.8 Å². The largest absolute Gasteiger partial charge is 0.393 e. The number of aliphatic hydroxyl groups is 2. The maximum Gasteiger partial charge on any atom is 0.217 e. The summed E-state index contributed by atoms with van der Waals surface area (Å²) in [6, 6.07) is 16.5. The van der Waals surface area contributed by atoms with Crippen LogP contribution in [-0.4, -0.2) is 38.3 Å². The van der Waals surface area contributed by atoms with E-state index in [4.69, 9.17) is 0 Å². The lowest BCUT2D eigenvalue weighted by atomic mass is 9.75. The van der Waals surface area contributed by atoms with E-state index < -0.39 is 6.04 Å². The summed E-state index contributed by atoms with van der Waals surface area (Å²) in [6.45, 7) is 1.21. The van der Waals surface area contributed by atoms with E-state index in [2.05, 4.69) is 46.4 Å². The van der Waals surface area contributed by atoms with Crippen LogP contribution in [0.5, 0.6) is 0 Å². The van der Waals surface area contributed by atoms with Crippen molar-refractivity contribution >= 4 is 5.91 Å². The third-order valence-corrected chi connectivity index (χ3v) is 5.93. The Balaban J connectivity index is 1.40. The molecular formula is C26H27N3O3. The topological polar surface area (TPSA) is 87.4 Å². The van der Waals surface area contributed by atoms with Crippen LogP contribution >= 0.6 is 0 Å². The second kappa shape index (κ2) is 9.82. The van der Waals surface area contributed by atoms with Gasteiger partial charge in [-0.25, -0.2) is 4.98 Å². The van der Waals surface area contributed by atoms with Crippen molar-refractivity contribution in [1.29, 1.82) is 0 Å². The SMILES string of the molecule is CC(=O)NC1CC(c2ccc(-c3ccc(C#C[C@@H](CO)n4ccnc4CO)cc3)cc2)C1. The van der Waals surface area contributed by atoms with Gasteiger partial charge >= 0.3 is 0 Å². The standard InChI is InChI=1S/C26H27N3O3/c1-18(32)28-24-14-23(15-24)22-9-7-21(8-10-22)20-5-2-19(3-6-20)4-11-25(16-30)29-13-12-27-26(29)17-31/h2-3,5-10,12-13,23-25,30-31H,14-17H2,1H3,(H,28,32)/t23?,24?,25-/m0/s1. The van der Waals surface area contributed by atoms with Gasteiger partial charge in [-0.05, 0) is 47.6 Å². The molecule has 4 rings (SSSR count). The van der Waals surface area contributed by atoms with Crippen LogP contribution < -0.4 is 5.32 Å². The fraction of sp³-hybridized carbons (Fsp3) is 0.308. The number of amides is 1. The van der Waals surface area contributed by atoms with E-state index in [0.717, 1.165) is 29.5 Å². The molecule has 1 aliphatic rings. The van der Waals surface area contributed by atoms with Crippen LogP contribution in [0.1, 0.15) is 48.7 Å². The lowest BCUT2D eigenvalue weighted by molar-refractivity contribution is -0.120. The highest BCUT2D eigenvalue weighted by Crippen LogP contribution is 2.37. The molecule has 0 unspecified atom stereocenters. The molecule has 1 amide bonds. The zero-order valence-corrected chi connectivity index (χ0v) is 18.0. The average Bonchev–Trinajstić information content (AvgIpc) is 3.26. The van der Waals surface area contributed by atoms with Gasteiger partial charge in [0.05, 0.1) is 6.61 Å². The summed E-state index contributed by atoms with van der Waals surface area (Å²) in [7, 11) is 0. The molecule has 0 aliphatic heterocycles. The van der Waals surface area contributed by atoms with Crippen LogP contribution in [0.4, 0.5) is 0 Å². The summed E-state index contributed by atoms with van der Waals surface area (Å²) in [4.78, 5) is 15.2. The van der Waals surface area contributed by atoms with Gasteiger partial charge in [0.15, 0.2) is 0 Å². The number of nitrogens with zero attached hydrogens (tertiary/aromatic N) is 2. The number of aliphatic hydroxyl groups excluding tert-OH is 2. The van der Waals surface area contributed by atoms with Gasteiger partial charge in [-0.3, -0.25) is 4.79 Å². The molecule has 6 heteroatoms. The molecule has 6 nitrogen and oxygen atoms in total. The maximum absolute atomic E-state index is 11.1. The number of carbonyl (C=O) groups excluding carboxylic acids is 1. The van der Waals surface area contributed by atoms with Crippen molar-refractivity contribution < 1.29 is 15.0 Å². The number of benzene rings is 2. The Labute approximate surface area is 187 Å². The molecule has 1 fully saturated rings. The number of nitrogens with one attached hydrogen (secondary N) is 1. The summed E-state index contributed by atoms with van der Waals surface area (Å²) >= 11 is 0. The smallest absolute Gasteiger partial charge is 0.217 e. The first-order valence-corrected chi connectivity index (χ1v) is 10.8. The summed E-state index contributed by atoms with van der Waals surface area (Å²) in [5.74, 6) is 7.19. The highest BCUT2D eigenvalue weighted by Gasteiger charge is 2.30. The number of imidazole rings is 1. The lowest BCUT2D eigenvalue weighted by Crippen LogP contribution is -2.42. The van der Waals surface area contributed by atoms with Gasteiger partial charge in [0.2, 0.25) is 5.91 Å². The quantitative estimate of drug-likeness (QED) is 0.526. The summed E-state index contributed by atoms with van der Waals surface area (Å²) in [5, 5.41) is 22.0. The Morgan fingerprint density at radius 1 is 1.12 bits per heavy atom. The highest BCUT2D eigenvalue weighted by molar-refractivity contribution is 5.73. The first-order valence-electron chi connectivity index (χ1n) is 10.8. The number of rotatable bonds is 6. The van der Waals surface area contributed by atoms with E-state index in [-0.39, 0.29) is 19.1 Å². The van der Waals surface area contributed by atoms with Crippen LogP contribution in [-0.2, 0) is 11.4 Å². The van der Waals surface area contributed by atoms with Crippen molar-refractivity contribution in [1.82, 2.24) is 14.9 Å². The monoisotopic (exact) mass is 429 g/mol. The summed E-state index contributed by atoms with van der Waals surface area (Å²) < 4.78 is 1.68. The van der Waals surface area contributed by atoms with Crippen molar-refractivity contribution in [2.24, 2.45) is 0 Å². The number of aromatic nitrogens is 2. The van der Waals surface area contributed by atoms with Crippen LogP contribution in [0.15, 0.2) is 60.9 Å². The van der Waals surface area contributed by atoms with E-state index in [1.165, 1.54) is 5.56 Å². The number of hydrogen-bond donors (Lipinski definition) is 3. The molecular weight excluding hydrogens is 402 g/mol. The highest BCUT2D eigenvalue weighted by atomic mass is 16.3. The third-order valence-electron chi connectivity index (χ3n) is 5.93. The Hall–Kier alpha value is -3.40.